The third-order valence-electron chi connectivity index (χ3n) is 2.56. The molecular formula is C13H21NO2S. The summed E-state index contributed by atoms with van der Waals surface area (Å²) in [6, 6.07) is 7.99. The minimum Gasteiger partial charge on any atom is -0.496 e. The van der Waals surface area contributed by atoms with Crippen LogP contribution in [-0.2, 0) is 10.8 Å². The Morgan fingerprint density at radius 2 is 2.12 bits per heavy atom. The Hall–Kier alpha value is -0.870. The van der Waals surface area contributed by atoms with E-state index in [2.05, 4.69) is 12.2 Å². The van der Waals surface area contributed by atoms with Gasteiger partial charge in [-0.1, -0.05) is 25.1 Å². The second-order valence-corrected chi connectivity index (χ2v) is 5.47. The second-order valence-electron chi connectivity index (χ2n) is 3.99. The van der Waals surface area contributed by atoms with Gasteiger partial charge in [-0.15, -0.1) is 0 Å². The maximum Gasteiger partial charge on any atom is 0.123 e. The number of rotatable bonds is 7. The highest BCUT2D eigenvalue weighted by Crippen LogP contribution is 2.25. The Bertz CT molecular complexity index is 368. The van der Waals surface area contributed by atoms with Crippen molar-refractivity contribution in [3.63, 3.8) is 0 Å². The highest BCUT2D eigenvalue weighted by atomic mass is 32.2. The molecule has 1 aromatic carbocycles. The summed E-state index contributed by atoms with van der Waals surface area (Å²) in [6.07, 6.45) is 2.79. The van der Waals surface area contributed by atoms with Crippen LogP contribution in [0.5, 0.6) is 5.75 Å². The lowest BCUT2D eigenvalue weighted by Gasteiger charge is -2.20. The number of benzene rings is 1. The maximum absolute atomic E-state index is 11.4. The normalized spacial score (nSPS) is 14.3. The molecule has 0 heterocycles. The predicted octanol–water partition coefficient (Wildman–Crippen LogP) is 2.11. The Balaban J connectivity index is 2.90. The Labute approximate surface area is 106 Å². The van der Waals surface area contributed by atoms with E-state index in [1.54, 1.807) is 13.4 Å². The molecule has 1 rings (SSSR count). The van der Waals surface area contributed by atoms with Crippen LogP contribution in [0.3, 0.4) is 0 Å². The van der Waals surface area contributed by atoms with Gasteiger partial charge < -0.3 is 10.1 Å². The van der Waals surface area contributed by atoms with Crippen molar-refractivity contribution in [1.82, 2.24) is 5.32 Å². The van der Waals surface area contributed by atoms with Gasteiger partial charge in [0.2, 0.25) is 0 Å². The average Bonchev–Trinajstić information content (AvgIpc) is 2.34. The molecule has 0 aliphatic carbocycles. The average molecular weight is 255 g/mol. The molecule has 2 atom stereocenters. The molecule has 0 aromatic heterocycles. The molecule has 0 bridgehead atoms. The number of hydrogen-bond acceptors (Lipinski definition) is 3. The van der Waals surface area contributed by atoms with Crippen molar-refractivity contribution in [3.05, 3.63) is 29.8 Å². The lowest BCUT2D eigenvalue weighted by molar-refractivity contribution is 0.402. The number of hydrogen-bond donors (Lipinski definition) is 1. The molecule has 17 heavy (non-hydrogen) atoms. The van der Waals surface area contributed by atoms with Gasteiger partial charge in [0.1, 0.15) is 5.75 Å². The van der Waals surface area contributed by atoms with Crippen LogP contribution >= 0.6 is 0 Å². The first-order chi connectivity index (χ1) is 8.19. The van der Waals surface area contributed by atoms with Crippen molar-refractivity contribution in [1.29, 1.82) is 0 Å². The number of nitrogens with one attached hydrogen (secondary N) is 1. The molecule has 0 amide bonds. The topological polar surface area (TPSA) is 38.3 Å². The monoisotopic (exact) mass is 255 g/mol. The summed E-state index contributed by atoms with van der Waals surface area (Å²) < 4.78 is 16.8. The standard InChI is InChI=1S/C13H21NO2S/c1-4-9-14-12(10-17(3)15)11-7-5-6-8-13(11)16-2/h5-8,12,14H,4,9-10H2,1-3H3. The van der Waals surface area contributed by atoms with Crippen molar-refractivity contribution in [3.8, 4) is 5.75 Å². The van der Waals surface area contributed by atoms with Crippen LogP contribution in [0, 0.1) is 0 Å². The molecule has 3 nitrogen and oxygen atoms in total. The van der Waals surface area contributed by atoms with Gasteiger partial charge in [0.15, 0.2) is 0 Å². The van der Waals surface area contributed by atoms with E-state index >= 15 is 0 Å². The molecule has 0 aliphatic heterocycles. The van der Waals surface area contributed by atoms with Gasteiger partial charge in [0.05, 0.1) is 7.11 Å². The van der Waals surface area contributed by atoms with E-state index in [4.69, 9.17) is 4.74 Å². The van der Waals surface area contributed by atoms with E-state index < -0.39 is 10.8 Å². The Morgan fingerprint density at radius 1 is 1.41 bits per heavy atom. The number of ether oxygens (including phenoxy) is 1. The summed E-state index contributed by atoms with van der Waals surface area (Å²) in [5.41, 5.74) is 1.08. The molecular weight excluding hydrogens is 234 g/mol. The van der Waals surface area contributed by atoms with Crippen LogP contribution in [0.25, 0.3) is 0 Å². The fraction of sp³-hybridized carbons (Fsp3) is 0.538. The van der Waals surface area contributed by atoms with Gasteiger partial charge in [-0.05, 0) is 19.0 Å². The molecule has 4 heteroatoms. The summed E-state index contributed by atoms with van der Waals surface area (Å²) >= 11 is 0. The molecule has 2 unspecified atom stereocenters. The zero-order chi connectivity index (χ0) is 12.7. The van der Waals surface area contributed by atoms with E-state index in [9.17, 15) is 4.21 Å². The minimum absolute atomic E-state index is 0.0944. The van der Waals surface area contributed by atoms with Crippen molar-refractivity contribution < 1.29 is 8.95 Å². The maximum atomic E-state index is 11.4. The fourth-order valence-electron chi connectivity index (χ4n) is 1.77. The second kappa shape index (κ2) is 7.45. The van der Waals surface area contributed by atoms with Gasteiger partial charge >= 0.3 is 0 Å². The first-order valence-electron chi connectivity index (χ1n) is 5.85. The van der Waals surface area contributed by atoms with Gasteiger partial charge in [0.25, 0.3) is 0 Å². The molecule has 0 fully saturated rings. The van der Waals surface area contributed by atoms with Gasteiger partial charge in [0, 0.05) is 34.4 Å². The minimum atomic E-state index is -0.828. The summed E-state index contributed by atoms with van der Waals surface area (Å²) in [5, 5.41) is 3.42. The number of para-hydroxylation sites is 1. The highest BCUT2D eigenvalue weighted by molar-refractivity contribution is 7.84. The molecule has 1 N–H and O–H groups in total. The molecule has 0 saturated heterocycles. The summed E-state index contributed by atoms with van der Waals surface area (Å²) in [6.45, 7) is 3.04. The molecule has 0 spiro atoms. The van der Waals surface area contributed by atoms with E-state index in [-0.39, 0.29) is 6.04 Å². The third kappa shape index (κ3) is 4.48. The Morgan fingerprint density at radius 3 is 2.71 bits per heavy atom. The summed E-state index contributed by atoms with van der Waals surface area (Å²) in [5.74, 6) is 1.46. The van der Waals surface area contributed by atoms with Crippen LogP contribution in [0.2, 0.25) is 0 Å². The first kappa shape index (κ1) is 14.2. The molecule has 0 aliphatic rings. The SMILES string of the molecule is CCCNC(CS(C)=O)c1ccccc1OC. The summed E-state index contributed by atoms with van der Waals surface area (Å²) in [4.78, 5) is 0. The van der Waals surface area contributed by atoms with Crippen molar-refractivity contribution >= 4 is 10.8 Å². The summed E-state index contributed by atoms with van der Waals surface area (Å²) in [7, 11) is 0.837. The van der Waals surface area contributed by atoms with E-state index in [0.717, 1.165) is 24.3 Å². The molecule has 0 saturated carbocycles. The van der Waals surface area contributed by atoms with Gasteiger partial charge in [-0.2, -0.15) is 0 Å². The quantitative estimate of drug-likeness (QED) is 0.811. The largest absolute Gasteiger partial charge is 0.496 e. The van der Waals surface area contributed by atoms with Gasteiger partial charge in [-0.3, -0.25) is 4.21 Å². The smallest absolute Gasteiger partial charge is 0.123 e. The zero-order valence-corrected chi connectivity index (χ0v) is 11.5. The van der Waals surface area contributed by atoms with Crippen LogP contribution in [0.4, 0.5) is 0 Å². The van der Waals surface area contributed by atoms with E-state index in [0.29, 0.717) is 5.75 Å². The van der Waals surface area contributed by atoms with Crippen LogP contribution in [0.15, 0.2) is 24.3 Å². The van der Waals surface area contributed by atoms with Crippen molar-refractivity contribution in [2.45, 2.75) is 19.4 Å². The molecule has 1 aromatic rings. The van der Waals surface area contributed by atoms with Crippen molar-refractivity contribution in [2.24, 2.45) is 0 Å². The van der Waals surface area contributed by atoms with E-state index in [1.165, 1.54) is 0 Å². The third-order valence-corrected chi connectivity index (χ3v) is 3.36. The first-order valence-corrected chi connectivity index (χ1v) is 7.58. The zero-order valence-electron chi connectivity index (χ0n) is 10.7. The lowest BCUT2D eigenvalue weighted by atomic mass is 10.1. The van der Waals surface area contributed by atoms with Crippen LogP contribution in [-0.4, -0.2) is 29.9 Å². The van der Waals surface area contributed by atoms with Crippen LogP contribution in [0.1, 0.15) is 24.9 Å². The highest BCUT2D eigenvalue weighted by Gasteiger charge is 2.16. The molecule has 0 radical (unpaired) electrons. The van der Waals surface area contributed by atoms with Crippen LogP contribution < -0.4 is 10.1 Å². The Kier molecular flexibility index (Phi) is 6.22. The fourth-order valence-corrected chi connectivity index (χ4v) is 2.53. The van der Waals surface area contributed by atoms with E-state index in [1.807, 2.05) is 24.3 Å². The lowest BCUT2D eigenvalue weighted by Crippen LogP contribution is -2.27. The predicted molar refractivity (Wildman–Crippen MR) is 73.0 cm³/mol. The number of methoxy groups -OCH3 is 1. The molecule has 96 valence electrons. The van der Waals surface area contributed by atoms with Gasteiger partial charge in [-0.25, -0.2) is 0 Å². The van der Waals surface area contributed by atoms with Crippen molar-refractivity contribution in [2.75, 3.05) is 25.7 Å².